The zero-order valence-electron chi connectivity index (χ0n) is 8.55. The Kier molecular flexibility index (Phi) is 2.32. The summed E-state index contributed by atoms with van der Waals surface area (Å²) in [5.74, 6) is -0.0755. The molecule has 4 N–H and O–H groups in total. The normalized spacial score (nSPS) is 17.8. The van der Waals surface area contributed by atoms with E-state index in [-0.39, 0.29) is 21.9 Å². The molecule has 2 rings (SSSR count). The van der Waals surface area contributed by atoms with Crippen LogP contribution in [0.25, 0.3) is 0 Å². The number of nitrogens with two attached hydrogens (primary N) is 1. The fourth-order valence-corrected chi connectivity index (χ4v) is 2.15. The average Bonchev–Trinajstić information content (AvgIpc) is 3.01. The van der Waals surface area contributed by atoms with Crippen LogP contribution in [0.2, 0.25) is 5.02 Å². The number of halogens is 1. The largest absolute Gasteiger partial charge is 0.506 e. The molecular weight excluding hydrogens is 214 g/mol. The second-order valence-electron chi connectivity index (χ2n) is 4.24. The van der Waals surface area contributed by atoms with Crippen molar-refractivity contribution in [2.75, 3.05) is 6.54 Å². The van der Waals surface area contributed by atoms with Crippen LogP contribution in [-0.4, -0.2) is 16.8 Å². The van der Waals surface area contributed by atoms with Crippen LogP contribution in [0.3, 0.4) is 0 Å². The highest BCUT2D eigenvalue weighted by Gasteiger charge is 2.45. The summed E-state index contributed by atoms with van der Waals surface area (Å²) in [6.45, 7) is 2.26. The third kappa shape index (κ3) is 1.46. The van der Waals surface area contributed by atoms with E-state index in [0.29, 0.717) is 12.1 Å². The fourth-order valence-electron chi connectivity index (χ4n) is 1.90. The Morgan fingerprint density at radius 2 is 2.00 bits per heavy atom. The molecule has 0 aliphatic heterocycles. The first-order chi connectivity index (χ1) is 7.02. The molecule has 3 nitrogen and oxygen atoms in total. The molecular formula is C11H14ClNO2. The Morgan fingerprint density at radius 1 is 1.40 bits per heavy atom. The predicted octanol–water partition coefficient (Wildman–Crippen LogP) is 2.05. The van der Waals surface area contributed by atoms with Crippen molar-refractivity contribution in [3.8, 4) is 11.5 Å². The van der Waals surface area contributed by atoms with Gasteiger partial charge < -0.3 is 15.9 Å². The average molecular weight is 228 g/mol. The van der Waals surface area contributed by atoms with E-state index in [1.54, 1.807) is 13.0 Å². The van der Waals surface area contributed by atoms with Crippen molar-refractivity contribution in [3.05, 3.63) is 22.2 Å². The van der Waals surface area contributed by atoms with Gasteiger partial charge in [0.15, 0.2) is 0 Å². The third-order valence-electron chi connectivity index (χ3n) is 3.22. The number of aryl methyl sites for hydroxylation is 1. The van der Waals surface area contributed by atoms with E-state index >= 15 is 0 Å². The molecule has 15 heavy (non-hydrogen) atoms. The van der Waals surface area contributed by atoms with Gasteiger partial charge in [0, 0.05) is 17.5 Å². The van der Waals surface area contributed by atoms with E-state index in [1.165, 1.54) is 0 Å². The highest BCUT2D eigenvalue weighted by Crippen LogP contribution is 2.53. The smallest absolute Gasteiger partial charge is 0.141 e. The SMILES string of the molecule is Cc1cc(C2(CN)CC2)c(O)c(Cl)c1O. The number of hydrogen-bond acceptors (Lipinski definition) is 3. The molecule has 0 saturated heterocycles. The molecule has 1 aromatic carbocycles. The molecule has 4 heteroatoms. The molecule has 0 unspecified atom stereocenters. The Labute approximate surface area is 93.5 Å². The Balaban J connectivity index is 2.58. The first-order valence-electron chi connectivity index (χ1n) is 4.93. The number of hydrogen-bond donors (Lipinski definition) is 3. The summed E-state index contributed by atoms with van der Waals surface area (Å²) in [4.78, 5) is 0. The van der Waals surface area contributed by atoms with Crippen LogP contribution in [0.15, 0.2) is 6.07 Å². The van der Waals surface area contributed by atoms with Gasteiger partial charge in [0.25, 0.3) is 0 Å². The maximum Gasteiger partial charge on any atom is 0.141 e. The van der Waals surface area contributed by atoms with E-state index in [2.05, 4.69) is 0 Å². The zero-order chi connectivity index (χ0) is 11.2. The van der Waals surface area contributed by atoms with E-state index in [9.17, 15) is 10.2 Å². The summed E-state index contributed by atoms with van der Waals surface area (Å²) in [6, 6.07) is 1.77. The number of benzene rings is 1. The lowest BCUT2D eigenvalue weighted by Gasteiger charge is -2.17. The van der Waals surface area contributed by atoms with Crippen LogP contribution in [0, 0.1) is 6.92 Å². The van der Waals surface area contributed by atoms with Gasteiger partial charge in [-0.2, -0.15) is 0 Å². The molecule has 1 aliphatic rings. The van der Waals surface area contributed by atoms with Crippen LogP contribution in [0.1, 0.15) is 24.0 Å². The van der Waals surface area contributed by atoms with Crippen LogP contribution in [-0.2, 0) is 5.41 Å². The summed E-state index contributed by atoms with van der Waals surface area (Å²) in [7, 11) is 0. The van der Waals surface area contributed by atoms with E-state index < -0.39 is 0 Å². The summed E-state index contributed by atoms with van der Waals surface area (Å²) < 4.78 is 0. The molecule has 0 radical (unpaired) electrons. The highest BCUT2D eigenvalue weighted by atomic mass is 35.5. The molecule has 0 spiro atoms. The minimum atomic E-state index is -0.119. The standard InChI is InChI=1S/C11H14ClNO2/c1-6-4-7(11(5-13)2-3-11)10(15)8(12)9(6)14/h4,14-15H,2-3,5,13H2,1H3. The lowest BCUT2D eigenvalue weighted by Crippen LogP contribution is -2.20. The molecule has 0 atom stereocenters. The minimum Gasteiger partial charge on any atom is -0.506 e. The van der Waals surface area contributed by atoms with Gasteiger partial charge in [-0.05, 0) is 31.4 Å². The highest BCUT2D eigenvalue weighted by molar-refractivity contribution is 6.33. The zero-order valence-corrected chi connectivity index (χ0v) is 9.30. The number of phenols is 2. The molecule has 0 heterocycles. The maximum atomic E-state index is 9.86. The topological polar surface area (TPSA) is 66.5 Å². The van der Waals surface area contributed by atoms with Gasteiger partial charge >= 0.3 is 0 Å². The van der Waals surface area contributed by atoms with Crippen molar-refractivity contribution in [1.29, 1.82) is 0 Å². The van der Waals surface area contributed by atoms with Gasteiger partial charge in [-0.25, -0.2) is 0 Å². The lowest BCUT2D eigenvalue weighted by molar-refractivity contribution is 0.438. The predicted molar refractivity (Wildman–Crippen MR) is 59.5 cm³/mol. The van der Waals surface area contributed by atoms with Crippen molar-refractivity contribution in [1.82, 2.24) is 0 Å². The van der Waals surface area contributed by atoms with Gasteiger partial charge in [0.05, 0.1) is 0 Å². The Bertz CT molecular complexity index is 414. The van der Waals surface area contributed by atoms with Gasteiger partial charge in [0.1, 0.15) is 16.5 Å². The summed E-state index contributed by atoms with van der Waals surface area (Å²) >= 11 is 5.84. The second-order valence-corrected chi connectivity index (χ2v) is 4.61. The van der Waals surface area contributed by atoms with E-state index in [1.807, 2.05) is 0 Å². The first-order valence-corrected chi connectivity index (χ1v) is 5.31. The molecule has 1 aromatic rings. The molecule has 1 fully saturated rings. The van der Waals surface area contributed by atoms with Crippen LogP contribution < -0.4 is 5.73 Å². The Hall–Kier alpha value is -0.930. The Morgan fingerprint density at radius 3 is 2.47 bits per heavy atom. The monoisotopic (exact) mass is 227 g/mol. The first kappa shape index (κ1) is 10.6. The van der Waals surface area contributed by atoms with Crippen molar-refractivity contribution in [2.24, 2.45) is 5.73 Å². The summed E-state index contributed by atoms with van der Waals surface area (Å²) in [5, 5.41) is 19.4. The number of rotatable bonds is 2. The van der Waals surface area contributed by atoms with Crippen LogP contribution in [0.4, 0.5) is 0 Å². The van der Waals surface area contributed by atoms with Gasteiger partial charge in [0.2, 0.25) is 0 Å². The third-order valence-corrected chi connectivity index (χ3v) is 3.58. The minimum absolute atomic E-state index is 0.0253. The van der Waals surface area contributed by atoms with Crippen molar-refractivity contribution >= 4 is 11.6 Å². The van der Waals surface area contributed by atoms with Crippen LogP contribution in [0.5, 0.6) is 11.5 Å². The maximum absolute atomic E-state index is 9.86. The van der Waals surface area contributed by atoms with E-state index in [0.717, 1.165) is 18.4 Å². The molecule has 82 valence electrons. The molecule has 0 amide bonds. The fraction of sp³-hybridized carbons (Fsp3) is 0.455. The lowest BCUT2D eigenvalue weighted by atomic mass is 9.93. The molecule has 0 aromatic heterocycles. The number of phenolic OH excluding ortho intramolecular Hbond substituents is 2. The molecule has 0 bridgehead atoms. The van der Waals surface area contributed by atoms with Gasteiger partial charge in [-0.3, -0.25) is 0 Å². The van der Waals surface area contributed by atoms with E-state index in [4.69, 9.17) is 17.3 Å². The van der Waals surface area contributed by atoms with Crippen molar-refractivity contribution < 1.29 is 10.2 Å². The van der Waals surface area contributed by atoms with Crippen LogP contribution >= 0.6 is 11.6 Å². The molecule has 1 saturated carbocycles. The van der Waals surface area contributed by atoms with Crippen molar-refractivity contribution in [3.63, 3.8) is 0 Å². The molecule has 1 aliphatic carbocycles. The summed E-state index contributed by atoms with van der Waals surface area (Å²) in [6.07, 6.45) is 1.94. The van der Waals surface area contributed by atoms with Gasteiger partial charge in [-0.1, -0.05) is 11.6 Å². The quantitative estimate of drug-likeness (QED) is 0.725. The second kappa shape index (κ2) is 3.29. The summed E-state index contributed by atoms with van der Waals surface area (Å²) in [5.41, 5.74) is 7.01. The van der Waals surface area contributed by atoms with Gasteiger partial charge in [-0.15, -0.1) is 0 Å². The number of aromatic hydroxyl groups is 2. The van der Waals surface area contributed by atoms with Crippen molar-refractivity contribution in [2.45, 2.75) is 25.2 Å².